The molecule has 0 bridgehead atoms. The Morgan fingerprint density at radius 3 is 1.81 bits per heavy atom. The Hall–Kier alpha value is -3.02. The van der Waals surface area contributed by atoms with Gasteiger partial charge in [0, 0.05) is 4.90 Å². The number of hydrogen-bond donors (Lipinski definition) is 0. The molecule has 4 aromatic carbocycles. The molecule has 4 rings (SSSR count). The number of aryl methyl sites for hydroxylation is 2. The minimum absolute atomic E-state index is 0.203. The van der Waals surface area contributed by atoms with Crippen molar-refractivity contribution >= 4 is 28.6 Å². The molecule has 0 unspecified atom stereocenters. The first-order chi connectivity index (χ1) is 17.2. The lowest BCUT2D eigenvalue weighted by molar-refractivity contribution is -0.154. The van der Waals surface area contributed by atoms with Crippen molar-refractivity contribution < 1.29 is 13.9 Å². The highest BCUT2D eigenvalue weighted by atomic mass is 32.2. The van der Waals surface area contributed by atoms with Gasteiger partial charge in [0.2, 0.25) is 0 Å². The largest absolute Gasteiger partial charge is 0.454 e. The van der Waals surface area contributed by atoms with E-state index in [1.165, 1.54) is 38.6 Å². The van der Waals surface area contributed by atoms with Crippen LogP contribution < -0.4 is 0 Å². The van der Waals surface area contributed by atoms with Crippen molar-refractivity contribution in [1.82, 2.24) is 0 Å². The number of halogens is 1. The smallest absolute Gasteiger partial charge is 0.317 e. The molecule has 36 heavy (non-hydrogen) atoms. The molecule has 2 nitrogen and oxygen atoms in total. The lowest BCUT2D eigenvalue weighted by Gasteiger charge is -2.25. The van der Waals surface area contributed by atoms with Gasteiger partial charge in [-0.1, -0.05) is 48.5 Å². The third-order valence-corrected chi connectivity index (χ3v) is 9.38. The van der Waals surface area contributed by atoms with Crippen LogP contribution in [0.1, 0.15) is 30.5 Å². The van der Waals surface area contributed by atoms with Crippen molar-refractivity contribution in [3.8, 4) is 0 Å². The first-order valence-corrected chi connectivity index (χ1v) is 14.0. The number of carbonyl (C=O) groups is 1. The van der Waals surface area contributed by atoms with Crippen molar-refractivity contribution in [1.29, 1.82) is 0 Å². The summed E-state index contributed by atoms with van der Waals surface area (Å²) in [6.07, 6.45) is 0. The molecule has 0 atom stereocenters. The van der Waals surface area contributed by atoms with Gasteiger partial charge < -0.3 is 4.74 Å². The highest BCUT2D eigenvalue weighted by molar-refractivity contribution is 8.00. The molecule has 0 aliphatic heterocycles. The molecule has 0 saturated carbocycles. The summed E-state index contributed by atoms with van der Waals surface area (Å²) in [7, 11) is -0.220. The highest BCUT2D eigenvalue weighted by Crippen LogP contribution is 2.36. The van der Waals surface area contributed by atoms with Crippen LogP contribution in [0.25, 0.3) is 0 Å². The van der Waals surface area contributed by atoms with Gasteiger partial charge in [-0.15, -0.1) is 11.8 Å². The molecule has 5 heteroatoms. The number of benzene rings is 4. The first-order valence-electron chi connectivity index (χ1n) is 11.8. The lowest BCUT2D eigenvalue weighted by Crippen LogP contribution is -2.26. The Bertz CT molecular complexity index is 1260. The number of rotatable bonds is 8. The monoisotopic (exact) mass is 517 g/mol. The Morgan fingerprint density at radius 2 is 1.31 bits per heavy atom. The topological polar surface area (TPSA) is 26.3 Å². The number of thioether (sulfide) groups is 1. The van der Waals surface area contributed by atoms with Gasteiger partial charge in [-0.2, -0.15) is 0 Å². The maximum atomic E-state index is 13.3. The van der Waals surface area contributed by atoms with Crippen LogP contribution in [0, 0.1) is 19.7 Å². The molecule has 0 N–H and O–H groups in total. The Labute approximate surface area is 220 Å². The fourth-order valence-corrected chi connectivity index (χ4v) is 7.29. The normalized spacial score (nSPS) is 11.5. The number of hydrogen-bond acceptors (Lipinski definition) is 3. The van der Waals surface area contributed by atoms with Crippen molar-refractivity contribution in [3.05, 3.63) is 120 Å². The maximum absolute atomic E-state index is 13.3. The molecule has 0 aliphatic carbocycles. The summed E-state index contributed by atoms with van der Waals surface area (Å²) in [4.78, 5) is 17.6. The number of carbonyl (C=O) groups excluding carboxylic acids is 1. The van der Waals surface area contributed by atoms with Gasteiger partial charge >= 0.3 is 5.97 Å². The zero-order valence-corrected chi connectivity index (χ0v) is 22.6. The fraction of sp³-hybridized carbons (Fsp3) is 0.194. The SMILES string of the molecule is Cc1cc([S+](c2ccccc2)c2ccccc2)cc(C)c1SCC(=O)OC(C)(C)c1ccc(F)cc1. The summed E-state index contributed by atoms with van der Waals surface area (Å²) in [6, 6.07) is 31.7. The van der Waals surface area contributed by atoms with Crippen LogP contribution >= 0.6 is 11.8 Å². The molecule has 0 heterocycles. The van der Waals surface area contributed by atoms with E-state index in [9.17, 15) is 9.18 Å². The van der Waals surface area contributed by atoms with Crippen LogP contribution in [0.5, 0.6) is 0 Å². The standard InChI is InChI=1S/C31H30FO2S2/c1-22-19-28(36(26-11-7-5-8-12-26)27-13-9-6-10-14-27)20-23(2)30(22)35-21-29(33)34-31(3,4)24-15-17-25(32)18-16-24/h5-20H,21H2,1-4H3/q+1. The fourth-order valence-electron chi connectivity index (χ4n) is 4.13. The summed E-state index contributed by atoms with van der Waals surface area (Å²) >= 11 is 1.50. The minimum Gasteiger partial charge on any atom is -0.454 e. The molecule has 0 saturated heterocycles. The van der Waals surface area contributed by atoms with Crippen LogP contribution in [0.4, 0.5) is 4.39 Å². The van der Waals surface area contributed by atoms with E-state index in [4.69, 9.17) is 4.74 Å². The molecule has 4 aromatic rings. The van der Waals surface area contributed by atoms with Crippen LogP contribution in [-0.2, 0) is 26.0 Å². The summed E-state index contributed by atoms with van der Waals surface area (Å²) in [6.45, 7) is 7.85. The van der Waals surface area contributed by atoms with E-state index in [0.29, 0.717) is 0 Å². The van der Waals surface area contributed by atoms with E-state index in [-0.39, 0.29) is 28.4 Å². The van der Waals surface area contributed by atoms with E-state index in [0.717, 1.165) is 21.6 Å². The van der Waals surface area contributed by atoms with Gasteiger partial charge in [-0.3, -0.25) is 4.79 Å². The third-order valence-electron chi connectivity index (χ3n) is 5.87. The number of esters is 1. The second-order valence-electron chi connectivity index (χ2n) is 9.10. The quantitative estimate of drug-likeness (QED) is 0.134. The summed E-state index contributed by atoms with van der Waals surface area (Å²) in [5.41, 5.74) is 2.21. The van der Waals surface area contributed by atoms with Gasteiger partial charge in [0.15, 0.2) is 14.7 Å². The molecule has 0 radical (unpaired) electrons. The van der Waals surface area contributed by atoms with Crippen LogP contribution in [0.3, 0.4) is 0 Å². The summed E-state index contributed by atoms with van der Waals surface area (Å²) < 4.78 is 19.0. The average Bonchev–Trinajstić information content (AvgIpc) is 2.85. The van der Waals surface area contributed by atoms with Crippen molar-refractivity contribution in [2.75, 3.05) is 5.75 Å². The second-order valence-corrected chi connectivity index (χ2v) is 12.1. The van der Waals surface area contributed by atoms with Gasteiger partial charge in [0.25, 0.3) is 0 Å². The Kier molecular flexibility index (Phi) is 8.22. The molecular formula is C31H30FO2S2+. The Morgan fingerprint density at radius 1 is 0.806 bits per heavy atom. The van der Waals surface area contributed by atoms with Crippen molar-refractivity contribution in [3.63, 3.8) is 0 Å². The van der Waals surface area contributed by atoms with E-state index >= 15 is 0 Å². The molecule has 0 aromatic heterocycles. The minimum atomic E-state index is -0.834. The van der Waals surface area contributed by atoms with Crippen LogP contribution in [-0.4, -0.2) is 11.7 Å². The summed E-state index contributed by atoms with van der Waals surface area (Å²) in [5.74, 6) is -0.409. The molecule has 184 valence electrons. The van der Waals surface area contributed by atoms with Crippen LogP contribution in [0.2, 0.25) is 0 Å². The zero-order chi connectivity index (χ0) is 25.7. The molecule has 0 amide bonds. The first kappa shape index (κ1) is 26.1. The van der Waals surface area contributed by atoms with E-state index in [1.807, 2.05) is 26.0 Å². The molecule has 0 aliphatic rings. The van der Waals surface area contributed by atoms with E-state index in [2.05, 4.69) is 74.5 Å². The molecule has 0 spiro atoms. The predicted molar refractivity (Wildman–Crippen MR) is 147 cm³/mol. The summed E-state index contributed by atoms with van der Waals surface area (Å²) in [5, 5.41) is 0. The third kappa shape index (κ3) is 6.21. The van der Waals surface area contributed by atoms with Crippen LogP contribution in [0.15, 0.2) is 117 Å². The van der Waals surface area contributed by atoms with Crippen molar-refractivity contribution in [2.45, 2.75) is 52.9 Å². The molecular weight excluding hydrogens is 487 g/mol. The Balaban J connectivity index is 1.53. The van der Waals surface area contributed by atoms with Gasteiger partial charge in [0.1, 0.15) is 11.4 Å². The van der Waals surface area contributed by atoms with E-state index in [1.54, 1.807) is 12.1 Å². The predicted octanol–water partition coefficient (Wildman–Crippen LogP) is 8.11. The van der Waals surface area contributed by atoms with Gasteiger partial charge in [0.05, 0.1) is 16.6 Å². The van der Waals surface area contributed by atoms with E-state index < -0.39 is 5.60 Å². The lowest BCUT2D eigenvalue weighted by atomic mass is 9.98. The number of ether oxygens (including phenoxy) is 1. The van der Waals surface area contributed by atoms with Crippen molar-refractivity contribution in [2.24, 2.45) is 0 Å². The molecule has 0 fully saturated rings. The van der Waals surface area contributed by atoms with Gasteiger partial charge in [-0.25, -0.2) is 4.39 Å². The zero-order valence-electron chi connectivity index (χ0n) is 21.0. The maximum Gasteiger partial charge on any atom is 0.317 e. The second kappa shape index (κ2) is 11.4. The highest BCUT2D eigenvalue weighted by Gasteiger charge is 2.30. The average molecular weight is 518 g/mol. The van der Waals surface area contributed by atoms with Gasteiger partial charge in [-0.05, 0) is 92.9 Å².